The molecule has 2 heterocycles. The van der Waals surface area contributed by atoms with Crippen LogP contribution in [0.25, 0.3) is 5.69 Å². The predicted octanol–water partition coefficient (Wildman–Crippen LogP) is 1.88. The lowest BCUT2D eigenvalue weighted by molar-refractivity contribution is -0.130. The van der Waals surface area contributed by atoms with E-state index in [1.165, 1.54) is 0 Å². The van der Waals surface area contributed by atoms with E-state index in [0.717, 1.165) is 5.69 Å². The molecule has 1 fully saturated rings. The van der Waals surface area contributed by atoms with Gasteiger partial charge in [0.05, 0.1) is 11.8 Å². The summed E-state index contributed by atoms with van der Waals surface area (Å²) in [6.45, 7) is 5.93. The van der Waals surface area contributed by atoms with Gasteiger partial charge in [-0.1, -0.05) is 6.92 Å². The van der Waals surface area contributed by atoms with Crippen molar-refractivity contribution in [2.45, 2.75) is 45.3 Å². The lowest BCUT2D eigenvalue weighted by Gasteiger charge is -2.27. The van der Waals surface area contributed by atoms with Crippen LogP contribution in [-0.4, -0.2) is 52.2 Å². The average molecular weight is 412 g/mol. The van der Waals surface area contributed by atoms with Crippen LogP contribution in [0.4, 0.5) is 0 Å². The monoisotopic (exact) mass is 412 g/mol. The SMILES string of the molecule is CC(CCNC(=O)c1ccc(-n2cccn2)cc1)CC(=O)NC1(C)C(=O)COC1C. The average Bonchev–Trinajstić information content (AvgIpc) is 3.33. The largest absolute Gasteiger partial charge is 0.368 e. The Morgan fingerprint density at radius 2 is 2.07 bits per heavy atom. The first-order chi connectivity index (χ1) is 14.3. The van der Waals surface area contributed by atoms with Gasteiger partial charge in [0.2, 0.25) is 5.91 Å². The summed E-state index contributed by atoms with van der Waals surface area (Å²) in [4.78, 5) is 36.7. The summed E-state index contributed by atoms with van der Waals surface area (Å²) in [5.41, 5.74) is 0.483. The van der Waals surface area contributed by atoms with Gasteiger partial charge in [-0.2, -0.15) is 5.10 Å². The van der Waals surface area contributed by atoms with Crippen LogP contribution in [0, 0.1) is 5.92 Å². The number of Topliss-reactive ketones (excluding diaryl/α,β-unsaturated/α-hetero) is 1. The van der Waals surface area contributed by atoms with E-state index >= 15 is 0 Å². The fourth-order valence-electron chi connectivity index (χ4n) is 3.40. The van der Waals surface area contributed by atoms with Crippen molar-refractivity contribution in [3.63, 3.8) is 0 Å². The first-order valence-electron chi connectivity index (χ1n) is 10.1. The Morgan fingerprint density at radius 1 is 1.33 bits per heavy atom. The van der Waals surface area contributed by atoms with Crippen LogP contribution in [0.15, 0.2) is 42.7 Å². The minimum Gasteiger partial charge on any atom is -0.368 e. The maximum absolute atomic E-state index is 12.3. The van der Waals surface area contributed by atoms with E-state index in [1.54, 1.807) is 36.9 Å². The van der Waals surface area contributed by atoms with Gasteiger partial charge in [-0.3, -0.25) is 14.4 Å². The zero-order chi connectivity index (χ0) is 21.7. The summed E-state index contributed by atoms with van der Waals surface area (Å²) < 4.78 is 7.05. The summed E-state index contributed by atoms with van der Waals surface area (Å²) in [5.74, 6) is -0.393. The Morgan fingerprint density at radius 3 is 2.67 bits per heavy atom. The Bertz CT molecular complexity index is 894. The van der Waals surface area contributed by atoms with Gasteiger partial charge in [0.1, 0.15) is 12.1 Å². The number of aromatic nitrogens is 2. The number of nitrogens with one attached hydrogen (secondary N) is 2. The predicted molar refractivity (Wildman–Crippen MR) is 111 cm³/mol. The number of carbonyl (C=O) groups is 3. The maximum atomic E-state index is 12.3. The van der Waals surface area contributed by atoms with Crippen molar-refractivity contribution in [3.05, 3.63) is 48.3 Å². The molecular formula is C22H28N4O4. The van der Waals surface area contributed by atoms with E-state index < -0.39 is 5.54 Å². The van der Waals surface area contributed by atoms with Crippen LogP contribution in [0.5, 0.6) is 0 Å². The van der Waals surface area contributed by atoms with E-state index in [2.05, 4.69) is 15.7 Å². The fourth-order valence-corrected chi connectivity index (χ4v) is 3.40. The van der Waals surface area contributed by atoms with Gasteiger partial charge in [-0.15, -0.1) is 0 Å². The molecule has 1 aromatic heterocycles. The number of rotatable bonds is 8. The second-order valence-electron chi connectivity index (χ2n) is 7.98. The number of ketones is 1. The zero-order valence-corrected chi connectivity index (χ0v) is 17.6. The molecule has 1 aliphatic rings. The van der Waals surface area contributed by atoms with Gasteiger partial charge in [0, 0.05) is 30.9 Å². The molecule has 2 N–H and O–H groups in total. The molecule has 3 atom stereocenters. The summed E-state index contributed by atoms with van der Waals surface area (Å²) in [7, 11) is 0. The third-order valence-electron chi connectivity index (χ3n) is 5.61. The van der Waals surface area contributed by atoms with Gasteiger partial charge in [-0.25, -0.2) is 4.68 Å². The van der Waals surface area contributed by atoms with Gasteiger partial charge < -0.3 is 15.4 Å². The summed E-state index contributed by atoms with van der Waals surface area (Å²) >= 11 is 0. The number of benzene rings is 1. The zero-order valence-electron chi connectivity index (χ0n) is 17.6. The van der Waals surface area contributed by atoms with E-state index in [9.17, 15) is 14.4 Å². The molecule has 0 spiro atoms. The number of hydrogen-bond donors (Lipinski definition) is 2. The molecule has 0 aliphatic carbocycles. The standard InChI is InChI=1S/C22H28N4O4/c1-15(13-20(28)25-22(3)16(2)30-14-19(22)27)9-11-23-21(29)17-5-7-18(8-6-17)26-12-4-10-24-26/h4-8,10,12,15-16H,9,11,13-14H2,1-3H3,(H,23,29)(H,25,28). The molecule has 0 bridgehead atoms. The highest BCUT2D eigenvalue weighted by atomic mass is 16.5. The van der Waals surface area contributed by atoms with Crippen molar-refractivity contribution < 1.29 is 19.1 Å². The highest BCUT2D eigenvalue weighted by Gasteiger charge is 2.46. The van der Waals surface area contributed by atoms with Crippen molar-refractivity contribution in [1.29, 1.82) is 0 Å². The summed E-state index contributed by atoms with van der Waals surface area (Å²) in [5, 5.41) is 9.86. The van der Waals surface area contributed by atoms with Gasteiger partial charge >= 0.3 is 0 Å². The second-order valence-corrected chi connectivity index (χ2v) is 7.98. The molecule has 1 saturated heterocycles. The number of hydrogen-bond acceptors (Lipinski definition) is 5. The molecule has 0 radical (unpaired) electrons. The summed E-state index contributed by atoms with van der Waals surface area (Å²) in [6, 6.07) is 9.02. The topological polar surface area (TPSA) is 102 Å². The van der Waals surface area contributed by atoms with E-state index in [-0.39, 0.29) is 42.6 Å². The van der Waals surface area contributed by atoms with Crippen LogP contribution in [-0.2, 0) is 14.3 Å². The van der Waals surface area contributed by atoms with Crippen LogP contribution in [0.2, 0.25) is 0 Å². The van der Waals surface area contributed by atoms with Crippen molar-refractivity contribution in [2.24, 2.45) is 5.92 Å². The van der Waals surface area contributed by atoms with Crippen molar-refractivity contribution in [3.8, 4) is 5.69 Å². The molecule has 2 aromatic rings. The van der Waals surface area contributed by atoms with E-state index in [4.69, 9.17) is 4.74 Å². The molecule has 3 rings (SSSR count). The number of carbonyl (C=O) groups excluding carboxylic acids is 3. The Labute approximate surface area is 176 Å². The third kappa shape index (κ3) is 4.94. The van der Waals surface area contributed by atoms with Crippen molar-refractivity contribution >= 4 is 17.6 Å². The maximum Gasteiger partial charge on any atom is 0.251 e. The second kappa shape index (κ2) is 9.21. The molecular weight excluding hydrogens is 384 g/mol. The van der Waals surface area contributed by atoms with Gasteiger partial charge in [0.25, 0.3) is 5.91 Å². The van der Waals surface area contributed by atoms with E-state index in [0.29, 0.717) is 18.5 Å². The first-order valence-corrected chi connectivity index (χ1v) is 10.1. The normalized spacial score (nSPS) is 22.0. The molecule has 30 heavy (non-hydrogen) atoms. The quantitative estimate of drug-likeness (QED) is 0.689. The smallest absolute Gasteiger partial charge is 0.251 e. The molecule has 1 aliphatic heterocycles. The minimum absolute atomic E-state index is 0.0302. The number of amides is 2. The van der Waals surface area contributed by atoms with Crippen LogP contribution >= 0.6 is 0 Å². The van der Waals surface area contributed by atoms with Crippen molar-refractivity contribution in [1.82, 2.24) is 20.4 Å². The Balaban J connectivity index is 1.41. The Kier molecular flexibility index (Phi) is 6.66. The molecule has 0 saturated carbocycles. The number of nitrogens with zero attached hydrogens (tertiary/aromatic N) is 2. The van der Waals surface area contributed by atoms with E-state index in [1.807, 2.05) is 31.3 Å². The lowest BCUT2D eigenvalue weighted by Crippen LogP contribution is -2.55. The molecule has 8 nitrogen and oxygen atoms in total. The van der Waals surface area contributed by atoms with Crippen LogP contribution in [0.3, 0.4) is 0 Å². The van der Waals surface area contributed by atoms with Crippen LogP contribution < -0.4 is 10.6 Å². The van der Waals surface area contributed by atoms with Crippen molar-refractivity contribution in [2.75, 3.05) is 13.2 Å². The molecule has 2 amide bonds. The summed E-state index contributed by atoms with van der Waals surface area (Å²) in [6.07, 6.45) is 4.12. The third-order valence-corrected chi connectivity index (χ3v) is 5.61. The minimum atomic E-state index is -0.965. The highest BCUT2D eigenvalue weighted by Crippen LogP contribution is 2.22. The molecule has 3 unspecified atom stereocenters. The van der Waals surface area contributed by atoms with Crippen LogP contribution in [0.1, 0.15) is 44.0 Å². The molecule has 8 heteroatoms. The molecule has 160 valence electrons. The first kappa shape index (κ1) is 21.7. The molecule has 1 aromatic carbocycles. The van der Waals surface area contributed by atoms with Gasteiger partial charge in [-0.05, 0) is 56.5 Å². The lowest BCUT2D eigenvalue weighted by atomic mass is 9.92. The van der Waals surface area contributed by atoms with Gasteiger partial charge in [0.15, 0.2) is 5.78 Å². The highest BCUT2D eigenvalue weighted by molar-refractivity contribution is 5.95. The Hall–Kier alpha value is -3.00. The number of ether oxygens (including phenoxy) is 1. The fraction of sp³-hybridized carbons (Fsp3) is 0.455.